The lowest BCUT2D eigenvalue weighted by Crippen LogP contribution is -2.19. The third-order valence-electron chi connectivity index (χ3n) is 2.13. The molecule has 0 aromatic carbocycles. The predicted octanol–water partition coefficient (Wildman–Crippen LogP) is 3.63. The van der Waals surface area contributed by atoms with Crippen molar-refractivity contribution in [3.8, 4) is 5.75 Å². The molecule has 0 spiro atoms. The Morgan fingerprint density at radius 1 is 1.43 bits per heavy atom. The Balaban J connectivity index is 3.18. The molecule has 0 saturated carbocycles. The van der Waals surface area contributed by atoms with E-state index in [2.05, 4.69) is 14.5 Å². The molecule has 1 rings (SSSR count). The van der Waals surface area contributed by atoms with E-state index in [1.807, 2.05) is 0 Å². The van der Waals surface area contributed by atoms with Crippen molar-refractivity contribution in [2.75, 3.05) is 6.61 Å². The highest BCUT2D eigenvalue weighted by molar-refractivity contribution is 14.1. The molecule has 1 aromatic rings. The van der Waals surface area contributed by atoms with E-state index in [9.17, 15) is 26.7 Å². The van der Waals surface area contributed by atoms with Crippen molar-refractivity contribution >= 4 is 28.6 Å². The number of carbonyl (C=O) groups is 1. The first-order valence-electron chi connectivity index (χ1n) is 5.52. The lowest BCUT2D eigenvalue weighted by molar-refractivity contribution is -0.275. The Morgan fingerprint density at radius 3 is 2.52 bits per heavy atom. The van der Waals surface area contributed by atoms with Gasteiger partial charge in [-0.2, -0.15) is 0 Å². The van der Waals surface area contributed by atoms with Crippen molar-refractivity contribution < 1.29 is 36.2 Å². The van der Waals surface area contributed by atoms with E-state index in [1.165, 1.54) is 29.5 Å². The van der Waals surface area contributed by atoms with Crippen LogP contribution in [0.1, 0.15) is 24.6 Å². The molecule has 0 aliphatic heterocycles. The van der Waals surface area contributed by atoms with Crippen LogP contribution in [0.2, 0.25) is 0 Å². The summed E-state index contributed by atoms with van der Waals surface area (Å²) >= 11 is 1.34. The molecule has 0 bridgehead atoms. The van der Waals surface area contributed by atoms with E-state index in [0.717, 1.165) is 6.07 Å². The summed E-state index contributed by atoms with van der Waals surface area (Å²) in [7, 11) is 0. The average Bonchev–Trinajstić information content (AvgIpc) is 2.31. The highest BCUT2D eigenvalue weighted by Crippen LogP contribution is 2.32. The monoisotopic (exact) mass is 425 g/mol. The molecule has 0 radical (unpaired) electrons. The first-order valence-corrected chi connectivity index (χ1v) is 6.60. The number of carbonyl (C=O) groups excluding carboxylic acids is 1. The Hall–Kier alpha value is -1.20. The SMILES string of the molecule is CCOC(=O)Cc1cc(OC(F)(F)F)c(I)nc1C(F)F. The van der Waals surface area contributed by atoms with Crippen LogP contribution >= 0.6 is 22.6 Å². The highest BCUT2D eigenvalue weighted by Gasteiger charge is 2.33. The molecule has 0 N–H and O–H groups in total. The predicted molar refractivity (Wildman–Crippen MR) is 68.9 cm³/mol. The Bertz CT molecular complexity index is 521. The van der Waals surface area contributed by atoms with E-state index in [-0.39, 0.29) is 15.9 Å². The Kier molecular flexibility index (Phi) is 6.10. The number of aromatic nitrogens is 1. The van der Waals surface area contributed by atoms with Crippen molar-refractivity contribution in [1.29, 1.82) is 0 Å². The molecule has 0 amide bonds. The van der Waals surface area contributed by atoms with Crippen LogP contribution in [0.25, 0.3) is 0 Å². The fourth-order valence-electron chi connectivity index (χ4n) is 1.42. The third kappa shape index (κ3) is 5.59. The van der Waals surface area contributed by atoms with E-state index in [1.54, 1.807) is 0 Å². The van der Waals surface area contributed by atoms with Gasteiger partial charge in [0.25, 0.3) is 6.43 Å². The number of ether oxygens (including phenoxy) is 2. The first kappa shape index (κ1) is 17.9. The average molecular weight is 425 g/mol. The molecule has 0 saturated heterocycles. The van der Waals surface area contributed by atoms with E-state index >= 15 is 0 Å². The molecule has 118 valence electrons. The van der Waals surface area contributed by atoms with E-state index in [4.69, 9.17) is 0 Å². The second kappa shape index (κ2) is 7.18. The molecule has 0 aliphatic carbocycles. The molecule has 0 fully saturated rings. The lowest BCUT2D eigenvalue weighted by Gasteiger charge is -2.14. The zero-order chi connectivity index (χ0) is 16.2. The fraction of sp³-hybridized carbons (Fsp3) is 0.455. The van der Waals surface area contributed by atoms with Gasteiger partial charge in [-0.25, -0.2) is 13.8 Å². The van der Waals surface area contributed by atoms with Gasteiger partial charge in [0, 0.05) is 0 Å². The second-order valence-corrected chi connectivity index (χ2v) is 4.67. The van der Waals surface area contributed by atoms with Crippen molar-refractivity contribution in [3.05, 3.63) is 21.0 Å². The molecule has 1 heterocycles. The summed E-state index contributed by atoms with van der Waals surface area (Å²) in [6, 6.07) is 0.723. The largest absolute Gasteiger partial charge is 0.573 e. The molecule has 10 heteroatoms. The standard InChI is InChI=1S/C11H9F5INO3/c1-2-20-7(19)4-5-3-6(21-11(14,15)16)10(17)18-8(5)9(12)13/h3,9H,2,4H2,1H3. The number of pyridine rings is 1. The molecule has 21 heavy (non-hydrogen) atoms. The van der Waals surface area contributed by atoms with Gasteiger partial charge in [-0.3, -0.25) is 4.79 Å². The number of alkyl halides is 5. The van der Waals surface area contributed by atoms with Crippen LogP contribution in [0.4, 0.5) is 22.0 Å². The maximum atomic E-state index is 12.8. The third-order valence-corrected chi connectivity index (χ3v) is 2.90. The van der Waals surface area contributed by atoms with E-state index < -0.39 is 36.6 Å². The summed E-state index contributed by atoms with van der Waals surface area (Å²) in [6.07, 6.45) is -8.65. The molecule has 0 atom stereocenters. The van der Waals surface area contributed by atoms with Gasteiger partial charge in [0.2, 0.25) is 0 Å². The van der Waals surface area contributed by atoms with Crippen LogP contribution in [0.3, 0.4) is 0 Å². The maximum Gasteiger partial charge on any atom is 0.573 e. The fourth-order valence-corrected chi connectivity index (χ4v) is 1.94. The minimum atomic E-state index is -4.99. The van der Waals surface area contributed by atoms with Gasteiger partial charge in [0.05, 0.1) is 13.0 Å². The molecule has 0 aliphatic rings. The van der Waals surface area contributed by atoms with Crippen molar-refractivity contribution in [2.24, 2.45) is 0 Å². The topological polar surface area (TPSA) is 48.4 Å². The molecular weight excluding hydrogens is 416 g/mol. The summed E-state index contributed by atoms with van der Waals surface area (Å²) in [4.78, 5) is 14.7. The summed E-state index contributed by atoms with van der Waals surface area (Å²) in [5.41, 5.74) is -1.15. The van der Waals surface area contributed by atoms with Gasteiger partial charge < -0.3 is 9.47 Å². The van der Waals surface area contributed by atoms with Gasteiger partial charge >= 0.3 is 12.3 Å². The lowest BCUT2D eigenvalue weighted by atomic mass is 10.1. The quantitative estimate of drug-likeness (QED) is 0.313. The normalized spacial score (nSPS) is 11.6. The van der Waals surface area contributed by atoms with Gasteiger partial charge in [-0.15, -0.1) is 13.2 Å². The van der Waals surface area contributed by atoms with Crippen LogP contribution in [0.15, 0.2) is 6.07 Å². The minimum Gasteiger partial charge on any atom is -0.466 e. The van der Waals surface area contributed by atoms with Crippen molar-refractivity contribution in [1.82, 2.24) is 4.98 Å². The molecule has 1 aromatic heterocycles. The number of rotatable bonds is 5. The molecule has 0 unspecified atom stereocenters. The molecule has 4 nitrogen and oxygen atoms in total. The van der Waals surface area contributed by atoms with Gasteiger partial charge in [-0.1, -0.05) is 0 Å². The number of nitrogens with zero attached hydrogens (tertiary/aromatic N) is 1. The Labute approximate surface area is 129 Å². The van der Waals surface area contributed by atoms with Gasteiger partial charge in [-0.05, 0) is 41.1 Å². The van der Waals surface area contributed by atoms with E-state index in [0.29, 0.717) is 0 Å². The zero-order valence-electron chi connectivity index (χ0n) is 10.5. The minimum absolute atomic E-state index is 0.0204. The van der Waals surface area contributed by atoms with Gasteiger partial charge in [0.15, 0.2) is 5.75 Å². The van der Waals surface area contributed by atoms with Crippen molar-refractivity contribution in [3.63, 3.8) is 0 Å². The summed E-state index contributed by atoms with van der Waals surface area (Å²) in [5, 5.41) is 0. The molecular formula is C11H9F5INO3. The Morgan fingerprint density at radius 2 is 2.05 bits per heavy atom. The zero-order valence-corrected chi connectivity index (χ0v) is 12.7. The van der Waals surface area contributed by atoms with Crippen molar-refractivity contribution in [2.45, 2.75) is 26.1 Å². The number of halogens is 6. The summed E-state index contributed by atoms with van der Waals surface area (Å²) < 4.78 is 70.1. The number of hydrogen-bond acceptors (Lipinski definition) is 4. The first-order chi connectivity index (χ1) is 9.64. The summed E-state index contributed by atoms with van der Waals surface area (Å²) in [5.74, 6) is -1.59. The smallest absolute Gasteiger partial charge is 0.466 e. The van der Waals surface area contributed by atoms with Crippen LogP contribution in [-0.2, 0) is 16.0 Å². The number of esters is 1. The van der Waals surface area contributed by atoms with Crippen LogP contribution in [-0.4, -0.2) is 23.9 Å². The second-order valence-electron chi connectivity index (χ2n) is 3.65. The van der Waals surface area contributed by atoms with Crippen LogP contribution in [0.5, 0.6) is 5.75 Å². The number of hydrogen-bond donors (Lipinski definition) is 0. The van der Waals surface area contributed by atoms with Crippen LogP contribution < -0.4 is 4.74 Å². The summed E-state index contributed by atoms with van der Waals surface area (Å²) in [6.45, 7) is 1.53. The van der Waals surface area contributed by atoms with Gasteiger partial charge in [0.1, 0.15) is 9.39 Å². The van der Waals surface area contributed by atoms with Crippen LogP contribution in [0, 0.1) is 3.70 Å². The highest BCUT2D eigenvalue weighted by atomic mass is 127. The maximum absolute atomic E-state index is 12.8.